The van der Waals surface area contributed by atoms with E-state index >= 15 is 0 Å². The second-order valence-corrected chi connectivity index (χ2v) is 8.69. The summed E-state index contributed by atoms with van der Waals surface area (Å²) >= 11 is 4.46. The predicted molar refractivity (Wildman–Crippen MR) is 72.9 cm³/mol. The van der Waals surface area contributed by atoms with Crippen molar-refractivity contribution in [2.75, 3.05) is 6.54 Å². The second kappa shape index (κ2) is 4.92. The summed E-state index contributed by atoms with van der Waals surface area (Å²) < 4.78 is 27.1. The lowest BCUT2D eigenvalue weighted by Crippen LogP contribution is -2.43. The van der Waals surface area contributed by atoms with Crippen molar-refractivity contribution in [3.8, 4) is 0 Å². The number of thiophene rings is 1. The maximum absolute atomic E-state index is 12.4. The first-order valence-electron chi connectivity index (χ1n) is 5.41. The molecule has 1 aromatic heterocycles. The molecule has 0 aromatic carbocycles. The number of nitrogens with two attached hydrogens (primary N) is 1. The molecule has 1 atom stereocenters. The third-order valence-electron chi connectivity index (χ3n) is 2.93. The van der Waals surface area contributed by atoms with Gasteiger partial charge >= 0.3 is 0 Å². The molecule has 2 rings (SSSR count). The van der Waals surface area contributed by atoms with Crippen LogP contribution in [0.4, 0.5) is 0 Å². The standard InChI is InChI=1S/C10H13BrN2O3S2/c1-6-5-8(17-9(6)11)18(15,16)13-4-2-3-7(13)10(12)14/h5,7H,2-4H2,1H3,(H2,12,14). The van der Waals surface area contributed by atoms with Gasteiger partial charge in [0.15, 0.2) is 0 Å². The zero-order valence-electron chi connectivity index (χ0n) is 9.72. The summed E-state index contributed by atoms with van der Waals surface area (Å²) in [4.78, 5) is 11.3. The van der Waals surface area contributed by atoms with Gasteiger partial charge in [-0.05, 0) is 47.3 Å². The fourth-order valence-corrected chi connectivity index (χ4v) is 6.01. The molecule has 0 saturated carbocycles. The maximum Gasteiger partial charge on any atom is 0.253 e. The first-order chi connectivity index (χ1) is 8.34. The molecule has 0 radical (unpaired) electrons. The van der Waals surface area contributed by atoms with Gasteiger partial charge in [-0.2, -0.15) is 4.31 Å². The predicted octanol–water partition coefficient (Wildman–Crippen LogP) is 1.46. The number of amides is 1. The van der Waals surface area contributed by atoms with Crippen LogP contribution in [0.2, 0.25) is 0 Å². The van der Waals surface area contributed by atoms with E-state index in [1.807, 2.05) is 6.92 Å². The van der Waals surface area contributed by atoms with Gasteiger partial charge in [0.05, 0.1) is 3.79 Å². The molecule has 1 aliphatic rings. The molecule has 1 saturated heterocycles. The highest BCUT2D eigenvalue weighted by atomic mass is 79.9. The lowest BCUT2D eigenvalue weighted by atomic mass is 10.2. The van der Waals surface area contributed by atoms with E-state index in [9.17, 15) is 13.2 Å². The molecule has 100 valence electrons. The van der Waals surface area contributed by atoms with Crippen molar-refractivity contribution in [1.29, 1.82) is 0 Å². The number of rotatable bonds is 3. The van der Waals surface area contributed by atoms with Gasteiger partial charge in [-0.25, -0.2) is 8.42 Å². The SMILES string of the molecule is Cc1cc(S(=O)(=O)N2CCCC2C(N)=O)sc1Br. The number of hydrogen-bond acceptors (Lipinski definition) is 4. The fourth-order valence-electron chi connectivity index (χ4n) is 1.99. The van der Waals surface area contributed by atoms with E-state index in [0.717, 1.165) is 20.7 Å². The molecule has 5 nitrogen and oxygen atoms in total. The third-order valence-corrected chi connectivity index (χ3v) is 7.42. The van der Waals surface area contributed by atoms with Crippen molar-refractivity contribution in [3.63, 3.8) is 0 Å². The van der Waals surface area contributed by atoms with Gasteiger partial charge in [0.25, 0.3) is 10.0 Å². The zero-order chi connectivity index (χ0) is 13.5. The normalized spacial score (nSPS) is 21.3. The minimum atomic E-state index is -3.61. The minimum Gasteiger partial charge on any atom is -0.368 e. The van der Waals surface area contributed by atoms with Crippen LogP contribution in [-0.4, -0.2) is 31.2 Å². The van der Waals surface area contributed by atoms with E-state index in [1.54, 1.807) is 6.07 Å². The molecule has 1 aromatic rings. The first-order valence-corrected chi connectivity index (χ1v) is 8.46. The van der Waals surface area contributed by atoms with Crippen LogP contribution >= 0.6 is 27.3 Å². The van der Waals surface area contributed by atoms with Crippen molar-refractivity contribution in [3.05, 3.63) is 15.4 Å². The van der Waals surface area contributed by atoms with Gasteiger partial charge in [-0.1, -0.05) is 0 Å². The molecule has 0 bridgehead atoms. The number of primary amides is 1. The minimum absolute atomic E-state index is 0.250. The quantitative estimate of drug-likeness (QED) is 0.893. The summed E-state index contributed by atoms with van der Waals surface area (Å²) in [5.74, 6) is -0.580. The Bertz CT molecular complexity index is 562. The number of aryl methyl sites for hydroxylation is 1. The second-order valence-electron chi connectivity index (χ2n) is 4.20. The summed E-state index contributed by atoms with van der Waals surface area (Å²) in [6, 6.07) is 0.900. The van der Waals surface area contributed by atoms with Crippen molar-refractivity contribution >= 4 is 43.2 Å². The Kier molecular flexibility index (Phi) is 3.82. The summed E-state index contributed by atoms with van der Waals surface area (Å²) in [6.45, 7) is 2.18. The molecule has 2 heterocycles. The van der Waals surface area contributed by atoms with Crippen LogP contribution in [0.5, 0.6) is 0 Å². The molecule has 2 N–H and O–H groups in total. The van der Waals surface area contributed by atoms with Crippen LogP contribution < -0.4 is 5.73 Å². The summed E-state index contributed by atoms with van der Waals surface area (Å²) in [5.41, 5.74) is 6.12. The molecular formula is C10H13BrN2O3S2. The highest BCUT2D eigenvalue weighted by Crippen LogP contribution is 2.34. The van der Waals surface area contributed by atoms with Crippen LogP contribution in [0.25, 0.3) is 0 Å². The van der Waals surface area contributed by atoms with E-state index in [0.29, 0.717) is 19.4 Å². The number of carbonyl (C=O) groups excluding carboxylic acids is 1. The number of hydrogen-bond donors (Lipinski definition) is 1. The summed E-state index contributed by atoms with van der Waals surface area (Å²) in [7, 11) is -3.61. The van der Waals surface area contributed by atoms with Crippen LogP contribution in [0, 0.1) is 6.92 Å². The fraction of sp³-hybridized carbons (Fsp3) is 0.500. The van der Waals surface area contributed by atoms with E-state index < -0.39 is 22.0 Å². The molecule has 1 aliphatic heterocycles. The van der Waals surface area contributed by atoms with Gasteiger partial charge in [-0.15, -0.1) is 11.3 Å². The van der Waals surface area contributed by atoms with Crippen molar-refractivity contribution in [1.82, 2.24) is 4.31 Å². The topological polar surface area (TPSA) is 80.5 Å². The van der Waals surface area contributed by atoms with E-state index in [4.69, 9.17) is 5.73 Å². The largest absolute Gasteiger partial charge is 0.368 e. The van der Waals surface area contributed by atoms with Gasteiger partial charge in [0.1, 0.15) is 10.3 Å². The molecule has 0 aliphatic carbocycles. The molecule has 1 fully saturated rings. The van der Waals surface area contributed by atoms with Crippen molar-refractivity contribution < 1.29 is 13.2 Å². The van der Waals surface area contributed by atoms with Crippen LogP contribution in [0.1, 0.15) is 18.4 Å². The zero-order valence-corrected chi connectivity index (χ0v) is 12.9. The Morgan fingerprint density at radius 2 is 2.28 bits per heavy atom. The number of carbonyl (C=O) groups is 1. The van der Waals surface area contributed by atoms with E-state index in [2.05, 4.69) is 15.9 Å². The maximum atomic E-state index is 12.4. The van der Waals surface area contributed by atoms with Crippen LogP contribution in [0.15, 0.2) is 14.1 Å². The van der Waals surface area contributed by atoms with Gasteiger partial charge in [0.2, 0.25) is 5.91 Å². The summed E-state index contributed by atoms with van der Waals surface area (Å²) in [5, 5.41) is 0. The number of halogens is 1. The Labute approximate surface area is 118 Å². The number of nitrogens with zero attached hydrogens (tertiary/aromatic N) is 1. The molecule has 1 unspecified atom stereocenters. The average molecular weight is 353 g/mol. The Hall–Kier alpha value is -0.440. The lowest BCUT2D eigenvalue weighted by Gasteiger charge is -2.20. The highest BCUT2D eigenvalue weighted by Gasteiger charge is 2.39. The average Bonchev–Trinajstić information content (AvgIpc) is 2.87. The molecular weight excluding hydrogens is 340 g/mol. The Morgan fingerprint density at radius 1 is 1.61 bits per heavy atom. The van der Waals surface area contributed by atoms with Crippen molar-refractivity contribution in [2.24, 2.45) is 5.73 Å². The molecule has 1 amide bonds. The van der Waals surface area contributed by atoms with E-state index in [1.165, 1.54) is 4.31 Å². The number of sulfonamides is 1. The third kappa shape index (κ3) is 2.34. The Balaban J connectivity index is 2.39. The Morgan fingerprint density at radius 3 is 2.78 bits per heavy atom. The van der Waals surface area contributed by atoms with E-state index in [-0.39, 0.29) is 4.21 Å². The first kappa shape index (κ1) is 14.0. The van der Waals surface area contributed by atoms with Gasteiger partial charge in [0, 0.05) is 6.54 Å². The van der Waals surface area contributed by atoms with Crippen molar-refractivity contribution in [2.45, 2.75) is 30.0 Å². The summed E-state index contributed by atoms with van der Waals surface area (Å²) in [6.07, 6.45) is 1.17. The van der Waals surface area contributed by atoms with Gasteiger partial charge in [-0.3, -0.25) is 4.79 Å². The highest BCUT2D eigenvalue weighted by molar-refractivity contribution is 9.11. The van der Waals surface area contributed by atoms with Crippen LogP contribution in [0.3, 0.4) is 0 Å². The lowest BCUT2D eigenvalue weighted by molar-refractivity contribution is -0.121. The molecule has 8 heteroatoms. The molecule has 18 heavy (non-hydrogen) atoms. The van der Waals surface area contributed by atoms with Crippen LogP contribution in [-0.2, 0) is 14.8 Å². The molecule has 0 spiro atoms. The monoisotopic (exact) mass is 352 g/mol. The van der Waals surface area contributed by atoms with Gasteiger partial charge < -0.3 is 5.73 Å². The smallest absolute Gasteiger partial charge is 0.253 e.